The Bertz CT molecular complexity index is 1090. The molecule has 0 bridgehead atoms. The second kappa shape index (κ2) is 8.61. The molecular weight excluding hydrogens is 362 g/mol. The zero-order valence-corrected chi connectivity index (χ0v) is 16.3. The lowest BCUT2D eigenvalue weighted by Gasteiger charge is -2.18. The first-order valence-corrected chi connectivity index (χ1v) is 9.61. The summed E-state index contributed by atoms with van der Waals surface area (Å²) in [4.78, 5) is 17.2. The van der Waals surface area contributed by atoms with E-state index in [-0.39, 0.29) is 11.8 Å². The Hall–Kier alpha value is -3.60. The first kappa shape index (κ1) is 18.7. The van der Waals surface area contributed by atoms with E-state index in [0.29, 0.717) is 13.0 Å². The lowest BCUT2D eigenvalue weighted by molar-refractivity contribution is -0.121. The Morgan fingerprint density at radius 2 is 1.72 bits per heavy atom. The number of nitrogens with zero attached hydrogens (tertiary/aromatic N) is 2. The molecule has 0 fully saturated rings. The van der Waals surface area contributed by atoms with Gasteiger partial charge < -0.3 is 14.5 Å². The van der Waals surface area contributed by atoms with Crippen LogP contribution in [0.15, 0.2) is 85.2 Å². The van der Waals surface area contributed by atoms with Gasteiger partial charge in [-0.2, -0.15) is 0 Å². The standard InChI is InChI=1S/C24H23N3O2/c1-29-21-12-10-19(11-13-21)22(18-7-3-2-4-8-18)15-24(28)26-17-20-16-25-23-9-5-6-14-27(20)23/h2-14,16,22H,15,17H2,1H3,(H,26,28)/t22-/m0/s1. The third kappa shape index (κ3) is 4.29. The largest absolute Gasteiger partial charge is 0.497 e. The van der Waals surface area contributed by atoms with Gasteiger partial charge in [-0.1, -0.05) is 48.5 Å². The summed E-state index contributed by atoms with van der Waals surface area (Å²) in [6, 6.07) is 23.9. The van der Waals surface area contributed by atoms with Crippen molar-refractivity contribution in [3.05, 3.63) is 102 Å². The first-order valence-electron chi connectivity index (χ1n) is 9.61. The molecule has 4 aromatic rings. The summed E-state index contributed by atoms with van der Waals surface area (Å²) in [5, 5.41) is 3.05. The van der Waals surface area contributed by atoms with Crippen molar-refractivity contribution in [3.63, 3.8) is 0 Å². The number of imidazole rings is 1. The highest BCUT2D eigenvalue weighted by molar-refractivity contribution is 5.77. The van der Waals surface area contributed by atoms with Crippen molar-refractivity contribution < 1.29 is 9.53 Å². The Morgan fingerprint density at radius 1 is 1.00 bits per heavy atom. The van der Waals surface area contributed by atoms with Gasteiger partial charge in [0.2, 0.25) is 5.91 Å². The summed E-state index contributed by atoms with van der Waals surface area (Å²) >= 11 is 0. The maximum atomic E-state index is 12.8. The zero-order valence-electron chi connectivity index (χ0n) is 16.3. The molecule has 29 heavy (non-hydrogen) atoms. The van der Waals surface area contributed by atoms with Crippen LogP contribution in [0.3, 0.4) is 0 Å². The van der Waals surface area contributed by atoms with Gasteiger partial charge >= 0.3 is 0 Å². The topological polar surface area (TPSA) is 55.6 Å². The Kier molecular flexibility index (Phi) is 5.56. The molecule has 5 nitrogen and oxygen atoms in total. The van der Waals surface area contributed by atoms with Crippen LogP contribution >= 0.6 is 0 Å². The monoisotopic (exact) mass is 385 g/mol. The molecule has 1 atom stereocenters. The number of carbonyl (C=O) groups excluding carboxylic acids is 1. The quantitative estimate of drug-likeness (QED) is 0.519. The minimum absolute atomic E-state index is 0.000511. The van der Waals surface area contributed by atoms with Crippen LogP contribution in [-0.4, -0.2) is 22.4 Å². The summed E-state index contributed by atoms with van der Waals surface area (Å²) in [5.74, 6) is 0.780. The number of rotatable bonds is 7. The van der Waals surface area contributed by atoms with Crippen molar-refractivity contribution in [1.82, 2.24) is 14.7 Å². The number of pyridine rings is 1. The van der Waals surface area contributed by atoms with Crippen molar-refractivity contribution in [2.45, 2.75) is 18.9 Å². The van der Waals surface area contributed by atoms with Crippen LogP contribution in [0.4, 0.5) is 0 Å². The van der Waals surface area contributed by atoms with Gasteiger partial charge in [0.1, 0.15) is 11.4 Å². The van der Waals surface area contributed by atoms with Crippen LogP contribution in [0.25, 0.3) is 5.65 Å². The van der Waals surface area contributed by atoms with Crippen LogP contribution in [0.1, 0.15) is 29.2 Å². The lowest BCUT2D eigenvalue weighted by atomic mass is 9.88. The number of hydrogen-bond acceptors (Lipinski definition) is 3. The van der Waals surface area contributed by atoms with Gasteiger partial charge in [-0.25, -0.2) is 4.98 Å². The summed E-state index contributed by atoms with van der Waals surface area (Å²) in [6.07, 6.45) is 4.12. The van der Waals surface area contributed by atoms with Crippen molar-refractivity contribution in [3.8, 4) is 5.75 Å². The molecule has 2 heterocycles. The number of carbonyl (C=O) groups is 1. The second-order valence-electron chi connectivity index (χ2n) is 6.90. The van der Waals surface area contributed by atoms with Crippen molar-refractivity contribution in [2.75, 3.05) is 7.11 Å². The van der Waals surface area contributed by atoms with Gasteiger partial charge in [0, 0.05) is 18.5 Å². The van der Waals surface area contributed by atoms with E-state index in [4.69, 9.17) is 4.74 Å². The zero-order chi connectivity index (χ0) is 20.1. The molecule has 0 spiro atoms. The number of ether oxygens (including phenoxy) is 1. The molecule has 1 amide bonds. The fraction of sp³-hybridized carbons (Fsp3) is 0.167. The number of benzene rings is 2. The van der Waals surface area contributed by atoms with E-state index in [1.165, 1.54) is 0 Å². The smallest absolute Gasteiger partial charge is 0.221 e. The molecule has 0 aliphatic carbocycles. The number of fused-ring (bicyclic) bond motifs is 1. The number of nitrogens with one attached hydrogen (secondary N) is 1. The average molecular weight is 385 g/mol. The molecule has 0 aliphatic rings. The van der Waals surface area contributed by atoms with Gasteiger partial charge in [0.25, 0.3) is 0 Å². The molecule has 0 radical (unpaired) electrons. The maximum Gasteiger partial charge on any atom is 0.221 e. The molecule has 146 valence electrons. The fourth-order valence-electron chi connectivity index (χ4n) is 3.51. The van der Waals surface area contributed by atoms with Crippen molar-refractivity contribution >= 4 is 11.6 Å². The second-order valence-corrected chi connectivity index (χ2v) is 6.90. The highest BCUT2D eigenvalue weighted by Gasteiger charge is 2.18. The third-order valence-electron chi connectivity index (χ3n) is 5.07. The molecular formula is C24H23N3O2. The highest BCUT2D eigenvalue weighted by atomic mass is 16.5. The number of hydrogen-bond donors (Lipinski definition) is 1. The minimum atomic E-state index is -0.0238. The molecule has 0 saturated heterocycles. The molecule has 0 unspecified atom stereocenters. The number of methoxy groups -OCH3 is 1. The predicted molar refractivity (Wildman–Crippen MR) is 113 cm³/mol. The Balaban J connectivity index is 1.50. The van der Waals surface area contributed by atoms with Gasteiger partial charge in [-0.3, -0.25) is 4.79 Å². The van der Waals surface area contributed by atoms with E-state index in [9.17, 15) is 4.79 Å². The maximum absolute atomic E-state index is 12.8. The van der Waals surface area contributed by atoms with Crippen LogP contribution in [-0.2, 0) is 11.3 Å². The van der Waals surface area contributed by atoms with Crippen LogP contribution in [0.2, 0.25) is 0 Å². The Morgan fingerprint density at radius 3 is 2.48 bits per heavy atom. The third-order valence-corrected chi connectivity index (χ3v) is 5.07. The van der Waals surface area contributed by atoms with Gasteiger partial charge in [-0.05, 0) is 35.4 Å². The fourth-order valence-corrected chi connectivity index (χ4v) is 3.51. The highest BCUT2D eigenvalue weighted by Crippen LogP contribution is 2.29. The molecule has 0 aliphatic heterocycles. The minimum Gasteiger partial charge on any atom is -0.497 e. The average Bonchev–Trinajstić information content (AvgIpc) is 3.20. The van der Waals surface area contributed by atoms with E-state index >= 15 is 0 Å². The van der Waals surface area contributed by atoms with E-state index < -0.39 is 0 Å². The normalized spacial score (nSPS) is 11.9. The van der Waals surface area contributed by atoms with E-state index in [1.807, 2.05) is 71.3 Å². The van der Waals surface area contributed by atoms with E-state index in [0.717, 1.165) is 28.2 Å². The lowest BCUT2D eigenvalue weighted by Crippen LogP contribution is -2.25. The first-order chi connectivity index (χ1) is 14.2. The molecule has 2 aromatic carbocycles. The Labute approximate surface area is 170 Å². The van der Waals surface area contributed by atoms with Gasteiger partial charge in [-0.15, -0.1) is 0 Å². The SMILES string of the molecule is COc1ccc([C@@H](CC(=O)NCc2cnc3ccccn23)c2ccccc2)cc1. The van der Waals surface area contributed by atoms with Crippen LogP contribution < -0.4 is 10.1 Å². The molecule has 0 saturated carbocycles. The number of aromatic nitrogens is 2. The predicted octanol–water partition coefficient (Wildman–Crippen LogP) is 4.18. The van der Waals surface area contributed by atoms with Crippen LogP contribution in [0.5, 0.6) is 5.75 Å². The molecule has 5 heteroatoms. The summed E-state index contributed by atoms with van der Waals surface area (Å²) in [5.41, 5.74) is 4.02. The van der Waals surface area contributed by atoms with Crippen molar-refractivity contribution in [2.24, 2.45) is 0 Å². The van der Waals surface area contributed by atoms with Crippen LogP contribution in [0, 0.1) is 0 Å². The van der Waals surface area contributed by atoms with Crippen molar-refractivity contribution in [1.29, 1.82) is 0 Å². The molecule has 1 N–H and O–H groups in total. The molecule has 4 rings (SSSR count). The molecule has 2 aromatic heterocycles. The summed E-state index contributed by atoms with van der Waals surface area (Å²) in [7, 11) is 1.65. The summed E-state index contributed by atoms with van der Waals surface area (Å²) in [6.45, 7) is 0.439. The van der Waals surface area contributed by atoms with Gasteiger partial charge in [0.05, 0.1) is 25.5 Å². The van der Waals surface area contributed by atoms with E-state index in [2.05, 4.69) is 22.4 Å². The van der Waals surface area contributed by atoms with E-state index in [1.54, 1.807) is 13.3 Å². The summed E-state index contributed by atoms with van der Waals surface area (Å²) < 4.78 is 7.25. The number of amides is 1. The van der Waals surface area contributed by atoms with Gasteiger partial charge in [0.15, 0.2) is 0 Å².